The molecule has 9 heteroatoms. The molecule has 1 aliphatic carbocycles. The monoisotopic (exact) mass is 515 g/mol. The molecule has 1 aliphatic rings. The van der Waals surface area contributed by atoms with Crippen LogP contribution in [-0.2, 0) is 21.6 Å². The van der Waals surface area contributed by atoms with Gasteiger partial charge in [0.1, 0.15) is 29.1 Å². The number of para-hydroxylation sites is 1. The summed E-state index contributed by atoms with van der Waals surface area (Å²) < 4.78 is 22.5. The zero-order chi connectivity index (χ0) is 25.6. The molecule has 0 unspecified atom stereocenters. The highest BCUT2D eigenvalue weighted by atomic mass is 35.5. The van der Waals surface area contributed by atoms with Crippen molar-refractivity contribution in [1.29, 1.82) is 0 Å². The third-order valence-electron chi connectivity index (χ3n) is 6.28. The van der Waals surface area contributed by atoms with E-state index in [1.165, 1.54) is 0 Å². The van der Waals surface area contributed by atoms with Gasteiger partial charge >= 0.3 is 12.1 Å². The van der Waals surface area contributed by atoms with E-state index >= 15 is 0 Å². The second-order valence-electron chi connectivity index (χ2n) is 8.70. The van der Waals surface area contributed by atoms with Gasteiger partial charge in [-0.1, -0.05) is 41.9 Å². The van der Waals surface area contributed by atoms with E-state index in [0.29, 0.717) is 57.0 Å². The Kier molecular flexibility index (Phi) is 5.43. The predicted octanol–water partition coefficient (Wildman–Crippen LogP) is 6.69. The minimum Gasteiger partial charge on any atom is -0.480 e. The first-order valence-electron chi connectivity index (χ1n) is 11.4. The van der Waals surface area contributed by atoms with Crippen LogP contribution in [0.1, 0.15) is 35.7 Å². The van der Waals surface area contributed by atoms with Gasteiger partial charge in [-0.15, -0.1) is 0 Å². The molecule has 0 bridgehead atoms. The maximum absolute atomic E-state index is 12.6. The van der Waals surface area contributed by atoms with Crippen molar-refractivity contribution in [2.45, 2.75) is 24.9 Å². The predicted molar refractivity (Wildman–Crippen MR) is 134 cm³/mol. The van der Waals surface area contributed by atoms with Gasteiger partial charge in [-0.2, -0.15) is 0 Å². The number of carbonyl (C=O) groups is 2. The molecule has 0 atom stereocenters. The van der Waals surface area contributed by atoms with Crippen LogP contribution in [0.4, 0.5) is 10.5 Å². The number of hydrogen-bond donors (Lipinski definition) is 2. The summed E-state index contributed by atoms with van der Waals surface area (Å²) in [6.07, 6.45) is 0.381. The molecular weight excluding hydrogens is 498 g/mol. The number of rotatable bonds is 5. The van der Waals surface area contributed by atoms with Crippen molar-refractivity contribution in [3.05, 3.63) is 88.5 Å². The van der Waals surface area contributed by atoms with Crippen molar-refractivity contribution < 1.29 is 32.7 Å². The van der Waals surface area contributed by atoms with Crippen LogP contribution in [0.15, 0.2) is 73.9 Å². The number of halogens is 1. The number of carboxylic acid groups (broad SMARTS) is 1. The maximum atomic E-state index is 12.6. The van der Waals surface area contributed by atoms with E-state index in [-0.39, 0.29) is 18.1 Å². The normalized spacial score (nSPS) is 13.8. The third kappa shape index (κ3) is 4.20. The highest BCUT2D eigenvalue weighted by Gasteiger charge is 2.54. The van der Waals surface area contributed by atoms with E-state index in [2.05, 4.69) is 17.2 Å². The second-order valence-corrected chi connectivity index (χ2v) is 9.10. The fourth-order valence-corrected chi connectivity index (χ4v) is 4.29. The molecule has 184 valence electrons. The maximum Gasteiger partial charge on any atom is 0.412 e. The van der Waals surface area contributed by atoms with Gasteiger partial charge in [0.25, 0.3) is 5.78 Å². The largest absolute Gasteiger partial charge is 0.480 e. The number of hydrogen-bond acceptors (Lipinski definition) is 6. The second kappa shape index (κ2) is 8.80. The molecular formula is C28H18ClNO7. The van der Waals surface area contributed by atoms with Gasteiger partial charge in [0.15, 0.2) is 5.76 Å². The van der Waals surface area contributed by atoms with Gasteiger partial charge in [0.05, 0.1) is 5.39 Å². The highest BCUT2D eigenvalue weighted by molar-refractivity contribution is 6.31. The van der Waals surface area contributed by atoms with Crippen molar-refractivity contribution >= 4 is 51.5 Å². The first-order chi connectivity index (χ1) is 17.9. The topological polar surface area (TPSA) is 115 Å². The number of benzene rings is 2. The first-order valence-corrected chi connectivity index (χ1v) is 11.8. The Morgan fingerprint density at radius 2 is 1.81 bits per heavy atom. The Bertz CT molecular complexity index is 1710. The van der Waals surface area contributed by atoms with E-state index in [0.717, 1.165) is 0 Å². The summed E-state index contributed by atoms with van der Waals surface area (Å²) in [7, 11) is 0. The van der Waals surface area contributed by atoms with Gasteiger partial charge in [-0.3, -0.25) is 10.1 Å². The molecule has 0 radical (unpaired) electrons. The Morgan fingerprint density at radius 1 is 1.03 bits per heavy atom. The van der Waals surface area contributed by atoms with Crippen LogP contribution in [0, 0.1) is 11.8 Å². The summed E-state index contributed by atoms with van der Waals surface area (Å²) in [5.74, 6) is 5.97. The van der Waals surface area contributed by atoms with Crippen molar-refractivity contribution in [2.24, 2.45) is 0 Å². The van der Waals surface area contributed by atoms with E-state index in [1.54, 1.807) is 42.5 Å². The number of nitrogens with one attached hydrogen (secondary N) is 1. The highest BCUT2D eigenvalue weighted by Crippen LogP contribution is 2.50. The number of fused-ring (bicyclic) bond motifs is 2. The molecule has 3 heterocycles. The lowest BCUT2D eigenvalue weighted by molar-refractivity contribution is -0.140. The molecule has 1 fully saturated rings. The van der Waals surface area contributed by atoms with E-state index in [4.69, 9.17) is 29.6 Å². The number of carboxylic acids is 1. The number of amides is 1. The Labute approximate surface area is 214 Å². The molecule has 0 aliphatic heterocycles. The lowest BCUT2D eigenvalue weighted by Gasteiger charge is -2.07. The molecule has 3 aromatic heterocycles. The van der Waals surface area contributed by atoms with Crippen molar-refractivity contribution in [3.8, 4) is 11.8 Å². The van der Waals surface area contributed by atoms with Gasteiger partial charge in [-0.05, 0) is 48.9 Å². The lowest BCUT2D eigenvalue weighted by atomic mass is 10.0. The molecule has 0 spiro atoms. The molecule has 2 N–H and O–H groups in total. The van der Waals surface area contributed by atoms with Crippen LogP contribution in [0.3, 0.4) is 0 Å². The lowest BCUT2D eigenvalue weighted by Crippen LogP contribution is -2.18. The summed E-state index contributed by atoms with van der Waals surface area (Å²) in [5.41, 5.74) is 0.622. The van der Waals surface area contributed by atoms with Crippen LogP contribution in [0.2, 0.25) is 5.02 Å². The summed E-state index contributed by atoms with van der Waals surface area (Å²) in [4.78, 5) is 24.1. The van der Waals surface area contributed by atoms with Gasteiger partial charge in [-0.25, -0.2) is 4.79 Å². The van der Waals surface area contributed by atoms with Gasteiger partial charge in [0.2, 0.25) is 5.76 Å². The van der Waals surface area contributed by atoms with Crippen LogP contribution >= 0.6 is 11.6 Å². The Morgan fingerprint density at radius 3 is 2.57 bits per heavy atom. The molecule has 5 aromatic rings. The minimum absolute atomic E-state index is 0.00107. The molecule has 6 rings (SSSR count). The van der Waals surface area contributed by atoms with E-state index in [9.17, 15) is 14.7 Å². The van der Waals surface area contributed by atoms with E-state index in [1.807, 2.05) is 18.2 Å². The zero-order valence-corrected chi connectivity index (χ0v) is 19.9. The van der Waals surface area contributed by atoms with Crippen LogP contribution in [0.25, 0.3) is 22.1 Å². The fourth-order valence-electron chi connectivity index (χ4n) is 4.10. The number of furan rings is 3. The third-order valence-corrected chi connectivity index (χ3v) is 6.65. The number of anilines is 1. The van der Waals surface area contributed by atoms with Crippen LogP contribution in [0.5, 0.6) is 0 Å². The summed E-state index contributed by atoms with van der Waals surface area (Å²) in [6.45, 7) is -0.00107. The Hall–Kier alpha value is -4.61. The standard InChI is InChI=1S/C28H18ClNO7/c29-20-7-3-1-5-16(20)15-34-27(33)30-24-19-6-2-4-8-21(19)36-22(24)10-9-18-13-17-14-23(37-25(17)35-18)28(11-12-28)26(31)32/h1-8,13-14H,11-12,15H2,(H,30,33)(H,31,32). The molecule has 37 heavy (non-hydrogen) atoms. The minimum atomic E-state index is -0.956. The molecule has 2 aromatic carbocycles. The zero-order valence-electron chi connectivity index (χ0n) is 19.2. The first kappa shape index (κ1) is 22.8. The summed E-state index contributed by atoms with van der Waals surface area (Å²) in [6, 6.07) is 17.6. The average Bonchev–Trinajstić information content (AvgIpc) is 3.32. The van der Waals surface area contributed by atoms with Crippen LogP contribution in [-0.4, -0.2) is 17.2 Å². The smallest absolute Gasteiger partial charge is 0.412 e. The quantitative estimate of drug-likeness (QED) is 0.250. The van der Waals surface area contributed by atoms with Crippen molar-refractivity contribution in [3.63, 3.8) is 0 Å². The van der Waals surface area contributed by atoms with Gasteiger partial charge in [0, 0.05) is 22.0 Å². The molecule has 0 saturated heterocycles. The summed E-state index contributed by atoms with van der Waals surface area (Å²) in [5, 5.41) is 14.0. The van der Waals surface area contributed by atoms with E-state index < -0.39 is 17.5 Å². The Balaban J connectivity index is 1.25. The van der Waals surface area contributed by atoms with Crippen LogP contribution < -0.4 is 5.32 Å². The average molecular weight is 516 g/mol. The number of carbonyl (C=O) groups excluding carboxylic acids is 1. The molecule has 1 saturated carbocycles. The SMILES string of the molecule is O=C(Nc1c(C#Cc2cc3cc(C4(C(=O)O)CC4)oc3o2)oc2ccccc12)OCc1ccccc1Cl. The number of aliphatic carboxylic acids is 1. The van der Waals surface area contributed by atoms with Gasteiger partial charge < -0.3 is 23.1 Å². The number of ether oxygens (including phenoxy) is 1. The summed E-state index contributed by atoms with van der Waals surface area (Å²) >= 11 is 6.14. The van der Waals surface area contributed by atoms with Crippen molar-refractivity contribution in [2.75, 3.05) is 5.32 Å². The fraction of sp³-hybridized carbons (Fsp3) is 0.143. The van der Waals surface area contributed by atoms with Crippen molar-refractivity contribution in [1.82, 2.24) is 0 Å². The molecule has 8 nitrogen and oxygen atoms in total. The molecule has 1 amide bonds.